The number of halogens is 1. The topological polar surface area (TPSA) is 41.1 Å². The molecule has 0 radical (unpaired) electrons. The largest absolute Gasteiger partial charge is 0.367 e. The van der Waals surface area contributed by atoms with Gasteiger partial charge < -0.3 is 10.2 Å². The highest BCUT2D eigenvalue weighted by Gasteiger charge is 2.07. The van der Waals surface area contributed by atoms with Crippen LogP contribution in [-0.2, 0) is 0 Å². The summed E-state index contributed by atoms with van der Waals surface area (Å²) in [5, 5.41) is 3.36. The highest BCUT2D eigenvalue weighted by Crippen LogP contribution is 2.12. The van der Waals surface area contributed by atoms with Crippen LogP contribution in [0.4, 0.5) is 11.8 Å². The first-order valence-corrected chi connectivity index (χ1v) is 6.03. The third kappa shape index (κ3) is 3.85. The van der Waals surface area contributed by atoms with Crippen LogP contribution < -0.4 is 10.2 Å². The molecule has 1 aromatic heterocycles. The molecule has 0 aromatic carbocycles. The van der Waals surface area contributed by atoms with Gasteiger partial charge in [-0.3, -0.25) is 0 Å². The zero-order chi connectivity index (χ0) is 12.0. The van der Waals surface area contributed by atoms with Crippen LogP contribution in [0.2, 0.25) is 0 Å². The zero-order valence-electron chi connectivity index (χ0n) is 10.1. The Morgan fingerprint density at radius 1 is 1.50 bits per heavy atom. The number of hydrogen-bond donors (Lipinski definition) is 1. The van der Waals surface area contributed by atoms with Crippen molar-refractivity contribution in [3.05, 3.63) is 12.3 Å². The molecule has 4 nitrogen and oxygen atoms in total. The molecule has 0 amide bonds. The molecule has 0 aliphatic carbocycles. The van der Waals surface area contributed by atoms with Gasteiger partial charge in [-0.25, -0.2) is 4.98 Å². The second kappa shape index (κ2) is 6.53. The lowest BCUT2D eigenvalue weighted by atomic mass is 10.2. The van der Waals surface area contributed by atoms with Crippen molar-refractivity contribution in [2.45, 2.75) is 25.8 Å². The van der Waals surface area contributed by atoms with Crippen molar-refractivity contribution >= 4 is 23.4 Å². The van der Waals surface area contributed by atoms with Crippen molar-refractivity contribution < 1.29 is 0 Å². The summed E-state index contributed by atoms with van der Waals surface area (Å²) in [4.78, 5) is 10.5. The highest BCUT2D eigenvalue weighted by atomic mass is 35.5. The molecule has 0 saturated heterocycles. The standard InChI is InChI=1S/C11H19ClN4/c1-4-9(5-7-12)14-10-6-8-13-11(15-10)16(2)3/h6,8-9H,4-5,7H2,1-3H3,(H,13,14,15). The Bertz CT molecular complexity index is 317. The van der Waals surface area contributed by atoms with Gasteiger partial charge in [0.2, 0.25) is 5.95 Å². The Kier molecular flexibility index (Phi) is 5.32. The summed E-state index contributed by atoms with van der Waals surface area (Å²) < 4.78 is 0. The van der Waals surface area contributed by atoms with Gasteiger partial charge in [-0.05, 0) is 18.9 Å². The van der Waals surface area contributed by atoms with Crippen molar-refractivity contribution in [1.82, 2.24) is 9.97 Å². The zero-order valence-corrected chi connectivity index (χ0v) is 10.8. The lowest BCUT2D eigenvalue weighted by Crippen LogP contribution is -2.21. The molecule has 1 aromatic rings. The van der Waals surface area contributed by atoms with E-state index < -0.39 is 0 Å². The Labute approximate surface area is 102 Å². The predicted molar refractivity (Wildman–Crippen MR) is 69.4 cm³/mol. The molecular weight excluding hydrogens is 224 g/mol. The minimum atomic E-state index is 0.377. The van der Waals surface area contributed by atoms with Crippen LogP contribution in [0.15, 0.2) is 12.3 Å². The van der Waals surface area contributed by atoms with Crippen molar-refractivity contribution in [2.75, 3.05) is 30.2 Å². The normalized spacial score (nSPS) is 12.2. The molecule has 0 aliphatic rings. The third-order valence-electron chi connectivity index (χ3n) is 2.35. The van der Waals surface area contributed by atoms with E-state index in [0.29, 0.717) is 17.9 Å². The maximum Gasteiger partial charge on any atom is 0.226 e. The van der Waals surface area contributed by atoms with E-state index in [4.69, 9.17) is 11.6 Å². The SMILES string of the molecule is CCC(CCCl)Nc1ccnc(N(C)C)n1. The molecule has 0 aliphatic heterocycles. The van der Waals surface area contributed by atoms with Crippen LogP contribution in [-0.4, -0.2) is 36.0 Å². The van der Waals surface area contributed by atoms with Gasteiger partial charge in [0, 0.05) is 32.2 Å². The van der Waals surface area contributed by atoms with Crippen molar-refractivity contribution in [2.24, 2.45) is 0 Å². The molecular formula is C11H19ClN4. The van der Waals surface area contributed by atoms with E-state index >= 15 is 0 Å². The van der Waals surface area contributed by atoms with Gasteiger partial charge in [0.1, 0.15) is 5.82 Å². The fourth-order valence-corrected chi connectivity index (χ4v) is 1.63. The smallest absolute Gasteiger partial charge is 0.226 e. The molecule has 1 heterocycles. The third-order valence-corrected chi connectivity index (χ3v) is 2.56. The summed E-state index contributed by atoms with van der Waals surface area (Å²) in [5.41, 5.74) is 0. The number of hydrogen-bond acceptors (Lipinski definition) is 4. The van der Waals surface area contributed by atoms with E-state index in [-0.39, 0.29) is 0 Å². The molecule has 16 heavy (non-hydrogen) atoms. The minimum Gasteiger partial charge on any atom is -0.367 e. The highest BCUT2D eigenvalue weighted by molar-refractivity contribution is 6.17. The first-order chi connectivity index (χ1) is 7.67. The van der Waals surface area contributed by atoms with E-state index in [1.165, 1.54) is 0 Å². The van der Waals surface area contributed by atoms with Crippen LogP contribution in [0.3, 0.4) is 0 Å². The first kappa shape index (κ1) is 13.0. The fraction of sp³-hybridized carbons (Fsp3) is 0.636. The van der Waals surface area contributed by atoms with Gasteiger partial charge in [0.05, 0.1) is 0 Å². The second-order valence-electron chi connectivity index (χ2n) is 3.86. The van der Waals surface area contributed by atoms with Crippen LogP contribution in [0.1, 0.15) is 19.8 Å². The van der Waals surface area contributed by atoms with Crippen LogP contribution >= 0.6 is 11.6 Å². The van der Waals surface area contributed by atoms with Crippen molar-refractivity contribution in [1.29, 1.82) is 0 Å². The van der Waals surface area contributed by atoms with Gasteiger partial charge in [0.15, 0.2) is 0 Å². The van der Waals surface area contributed by atoms with Gasteiger partial charge in [-0.2, -0.15) is 4.98 Å². The van der Waals surface area contributed by atoms with Crippen LogP contribution in [0.5, 0.6) is 0 Å². The number of aromatic nitrogens is 2. The molecule has 5 heteroatoms. The Morgan fingerprint density at radius 3 is 2.81 bits per heavy atom. The summed E-state index contributed by atoms with van der Waals surface area (Å²) in [5.74, 6) is 2.23. The minimum absolute atomic E-state index is 0.377. The quantitative estimate of drug-likeness (QED) is 0.778. The Hall–Kier alpha value is -1.03. The molecule has 0 saturated carbocycles. The number of nitrogens with one attached hydrogen (secondary N) is 1. The van der Waals surface area contributed by atoms with Crippen molar-refractivity contribution in [3.63, 3.8) is 0 Å². The maximum atomic E-state index is 5.74. The Balaban J connectivity index is 2.68. The van der Waals surface area contributed by atoms with Gasteiger partial charge in [-0.1, -0.05) is 6.92 Å². The molecule has 1 N–H and O–H groups in total. The van der Waals surface area contributed by atoms with Gasteiger partial charge >= 0.3 is 0 Å². The molecule has 90 valence electrons. The summed E-state index contributed by atoms with van der Waals surface area (Å²) in [7, 11) is 3.85. The molecule has 1 rings (SSSR count). The average Bonchev–Trinajstić information content (AvgIpc) is 2.29. The summed E-state index contributed by atoms with van der Waals surface area (Å²) in [6.45, 7) is 2.14. The van der Waals surface area contributed by atoms with Crippen LogP contribution in [0, 0.1) is 0 Å². The predicted octanol–water partition coefficient (Wildman–Crippen LogP) is 2.36. The van der Waals surface area contributed by atoms with E-state index in [1.807, 2.05) is 25.1 Å². The number of anilines is 2. The molecule has 0 fully saturated rings. The average molecular weight is 243 g/mol. The van der Waals surface area contributed by atoms with E-state index in [9.17, 15) is 0 Å². The number of alkyl halides is 1. The van der Waals surface area contributed by atoms with E-state index in [1.54, 1.807) is 6.20 Å². The van der Waals surface area contributed by atoms with E-state index in [0.717, 1.165) is 18.7 Å². The lowest BCUT2D eigenvalue weighted by molar-refractivity contribution is 0.671. The number of rotatable bonds is 6. The summed E-state index contributed by atoms with van der Waals surface area (Å²) in [6, 6.07) is 2.26. The van der Waals surface area contributed by atoms with E-state index in [2.05, 4.69) is 22.2 Å². The Morgan fingerprint density at radius 2 is 2.25 bits per heavy atom. The lowest BCUT2D eigenvalue weighted by Gasteiger charge is -2.17. The monoisotopic (exact) mass is 242 g/mol. The summed E-state index contributed by atoms with van der Waals surface area (Å²) in [6.07, 6.45) is 3.74. The second-order valence-corrected chi connectivity index (χ2v) is 4.24. The van der Waals surface area contributed by atoms with Gasteiger partial charge in [0.25, 0.3) is 0 Å². The fourth-order valence-electron chi connectivity index (χ4n) is 1.36. The summed E-state index contributed by atoms with van der Waals surface area (Å²) >= 11 is 5.74. The maximum absolute atomic E-state index is 5.74. The molecule has 1 unspecified atom stereocenters. The molecule has 0 bridgehead atoms. The first-order valence-electron chi connectivity index (χ1n) is 5.50. The number of nitrogens with zero attached hydrogens (tertiary/aromatic N) is 3. The van der Waals surface area contributed by atoms with Crippen LogP contribution in [0.25, 0.3) is 0 Å². The van der Waals surface area contributed by atoms with Crippen molar-refractivity contribution in [3.8, 4) is 0 Å². The van der Waals surface area contributed by atoms with Gasteiger partial charge in [-0.15, -0.1) is 11.6 Å². The molecule has 1 atom stereocenters. The molecule has 0 spiro atoms.